The van der Waals surface area contributed by atoms with Gasteiger partial charge in [0.15, 0.2) is 0 Å². The minimum Gasteiger partial charge on any atom is -0.393 e. The number of aliphatic hydroxyl groups excluding tert-OH is 2. The fourth-order valence-electron chi connectivity index (χ4n) is 2.54. The molecule has 3 heteroatoms. The molecule has 0 aliphatic heterocycles. The van der Waals surface area contributed by atoms with Crippen molar-refractivity contribution in [2.24, 2.45) is 5.92 Å². The lowest BCUT2D eigenvalue weighted by molar-refractivity contribution is -0.0126. The van der Waals surface area contributed by atoms with Gasteiger partial charge in [-0.25, -0.2) is 0 Å². The highest BCUT2D eigenvalue weighted by Gasteiger charge is 2.33. The highest BCUT2D eigenvalue weighted by atomic mass is 16.3. The molecule has 0 heterocycles. The molecule has 1 aliphatic carbocycles. The highest BCUT2D eigenvalue weighted by Crippen LogP contribution is 2.25. The second kappa shape index (κ2) is 5.63. The highest BCUT2D eigenvalue weighted by molar-refractivity contribution is 5.14. The van der Waals surface area contributed by atoms with Gasteiger partial charge in [0.1, 0.15) is 0 Å². The van der Waals surface area contributed by atoms with Crippen LogP contribution in [0.1, 0.15) is 25.3 Å². The molecule has 1 aromatic rings. The van der Waals surface area contributed by atoms with Crippen LogP contribution in [-0.2, 0) is 6.54 Å². The number of benzene rings is 1. The molecule has 0 unspecified atom stereocenters. The zero-order chi connectivity index (χ0) is 12.3. The van der Waals surface area contributed by atoms with Gasteiger partial charge in [0, 0.05) is 12.6 Å². The molecule has 1 aliphatic rings. The number of hydrogen-bond donors (Lipinski definition) is 3. The van der Waals surface area contributed by atoms with Crippen molar-refractivity contribution in [1.82, 2.24) is 5.32 Å². The number of nitrogens with one attached hydrogen (secondary N) is 1. The smallest absolute Gasteiger partial charge is 0.0720 e. The van der Waals surface area contributed by atoms with Gasteiger partial charge < -0.3 is 15.5 Å². The molecule has 0 saturated heterocycles. The molecule has 3 nitrogen and oxygen atoms in total. The van der Waals surface area contributed by atoms with Crippen LogP contribution in [0.3, 0.4) is 0 Å². The molecule has 0 bridgehead atoms. The molecule has 0 aromatic heterocycles. The first kappa shape index (κ1) is 12.6. The average molecular weight is 235 g/mol. The van der Waals surface area contributed by atoms with E-state index in [-0.39, 0.29) is 24.2 Å². The summed E-state index contributed by atoms with van der Waals surface area (Å²) in [7, 11) is 0. The molecular formula is C14H21NO2. The Morgan fingerprint density at radius 2 is 1.88 bits per heavy atom. The lowest BCUT2D eigenvalue weighted by atomic mass is 9.82. The quantitative estimate of drug-likeness (QED) is 0.740. The van der Waals surface area contributed by atoms with Crippen LogP contribution in [0.15, 0.2) is 30.3 Å². The van der Waals surface area contributed by atoms with Crippen molar-refractivity contribution >= 4 is 0 Å². The molecule has 0 amide bonds. The van der Waals surface area contributed by atoms with Crippen LogP contribution >= 0.6 is 0 Å². The van der Waals surface area contributed by atoms with E-state index in [1.807, 2.05) is 25.1 Å². The van der Waals surface area contributed by atoms with Crippen LogP contribution in [0.2, 0.25) is 0 Å². The molecule has 1 fully saturated rings. The summed E-state index contributed by atoms with van der Waals surface area (Å²) >= 11 is 0. The predicted molar refractivity (Wildman–Crippen MR) is 67.5 cm³/mol. The van der Waals surface area contributed by atoms with E-state index in [0.29, 0.717) is 12.8 Å². The van der Waals surface area contributed by atoms with Gasteiger partial charge in [0.05, 0.1) is 12.2 Å². The molecule has 4 atom stereocenters. The SMILES string of the molecule is C[C@@H]1C[C@@H](O)C[C@@H](NCc2ccccc2)[C@H]1O. The summed E-state index contributed by atoms with van der Waals surface area (Å²) in [6.45, 7) is 2.73. The zero-order valence-corrected chi connectivity index (χ0v) is 10.2. The minimum atomic E-state index is -0.359. The Kier molecular flexibility index (Phi) is 4.15. The van der Waals surface area contributed by atoms with Crippen molar-refractivity contribution in [2.45, 2.75) is 44.6 Å². The van der Waals surface area contributed by atoms with Crippen LogP contribution in [0.5, 0.6) is 0 Å². The van der Waals surface area contributed by atoms with Crippen LogP contribution in [0, 0.1) is 5.92 Å². The third-order valence-electron chi connectivity index (χ3n) is 3.58. The summed E-state index contributed by atoms with van der Waals surface area (Å²) < 4.78 is 0. The maximum Gasteiger partial charge on any atom is 0.0720 e. The van der Waals surface area contributed by atoms with E-state index < -0.39 is 0 Å². The Balaban J connectivity index is 1.89. The summed E-state index contributed by atoms with van der Waals surface area (Å²) in [6, 6.07) is 10.1. The van der Waals surface area contributed by atoms with Gasteiger partial charge >= 0.3 is 0 Å². The number of hydrogen-bond acceptors (Lipinski definition) is 3. The lowest BCUT2D eigenvalue weighted by Gasteiger charge is -2.36. The standard InChI is InChI=1S/C14H21NO2/c1-10-7-12(16)8-13(14(10)17)15-9-11-5-3-2-4-6-11/h2-6,10,12-17H,7-9H2,1H3/t10-,12-,13-,14+/m1/s1. The molecule has 0 spiro atoms. The first-order valence-electron chi connectivity index (χ1n) is 6.30. The maximum absolute atomic E-state index is 10.1. The fraction of sp³-hybridized carbons (Fsp3) is 0.571. The monoisotopic (exact) mass is 235 g/mol. The molecule has 17 heavy (non-hydrogen) atoms. The van der Waals surface area contributed by atoms with E-state index >= 15 is 0 Å². The van der Waals surface area contributed by atoms with Crippen LogP contribution in [-0.4, -0.2) is 28.5 Å². The van der Waals surface area contributed by atoms with Crippen LogP contribution in [0.4, 0.5) is 0 Å². The van der Waals surface area contributed by atoms with Gasteiger partial charge in [0.25, 0.3) is 0 Å². The van der Waals surface area contributed by atoms with E-state index in [1.54, 1.807) is 0 Å². The predicted octanol–water partition coefficient (Wildman–Crippen LogP) is 1.30. The summed E-state index contributed by atoms with van der Waals surface area (Å²) in [5.74, 6) is 0.159. The topological polar surface area (TPSA) is 52.5 Å². The van der Waals surface area contributed by atoms with Crippen LogP contribution < -0.4 is 5.32 Å². The Bertz CT molecular complexity index is 341. The van der Waals surface area contributed by atoms with Crippen molar-refractivity contribution in [2.75, 3.05) is 0 Å². The van der Waals surface area contributed by atoms with E-state index in [1.165, 1.54) is 5.56 Å². The third kappa shape index (κ3) is 3.28. The Labute approximate surface area is 102 Å². The van der Waals surface area contributed by atoms with Crippen molar-refractivity contribution < 1.29 is 10.2 Å². The van der Waals surface area contributed by atoms with Gasteiger partial charge in [-0.3, -0.25) is 0 Å². The first-order chi connectivity index (χ1) is 8.16. The normalized spacial score (nSPS) is 33.6. The van der Waals surface area contributed by atoms with Crippen molar-refractivity contribution in [3.05, 3.63) is 35.9 Å². The second-order valence-electron chi connectivity index (χ2n) is 5.07. The Morgan fingerprint density at radius 1 is 1.18 bits per heavy atom. The van der Waals surface area contributed by atoms with Crippen molar-refractivity contribution in [1.29, 1.82) is 0 Å². The van der Waals surface area contributed by atoms with E-state index in [9.17, 15) is 10.2 Å². The van der Waals surface area contributed by atoms with E-state index in [0.717, 1.165) is 6.54 Å². The summed E-state index contributed by atoms with van der Waals surface area (Å²) in [4.78, 5) is 0. The molecule has 0 radical (unpaired) electrons. The molecule has 2 rings (SSSR count). The van der Waals surface area contributed by atoms with Crippen LogP contribution in [0.25, 0.3) is 0 Å². The summed E-state index contributed by atoms with van der Waals surface area (Å²) in [5, 5.41) is 23.1. The molecule has 1 saturated carbocycles. The second-order valence-corrected chi connectivity index (χ2v) is 5.07. The third-order valence-corrected chi connectivity index (χ3v) is 3.58. The zero-order valence-electron chi connectivity index (χ0n) is 10.2. The average Bonchev–Trinajstić information content (AvgIpc) is 2.33. The minimum absolute atomic E-state index is 0.00560. The van der Waals surface area contributed by atoms with E-state index in [2.05, 4.69) is 17.4 Å². The summed E-state index contributed by atoms with van der Waals surface area (Å²) in [6.07, 6.45) is 0.687. The number of rotatable bonds is 3. The van der Waals surface area contributed by atoms with E-state index in [4.69, 9.17) is 0 Å². The fourth-order valence-corrected chi connectivity index (χ4v) is 2.54. The number of aliphatic hydroxyl groups is 2. The largest absolute Gasteiger partial charge is 0.393 e. The Morgan fingerprint density at radius 3 is 2.59 bits per heavy atom. The molecule has 94 valence electrons. The summed E-state index contributed by atoms with van der Waals surface area (Å²) in [5.41, 5.74) is 1.20. The lowest BCUT2D eigenvalue weighted by Crippen LogP contribution is -2.49. The maximum atomic E-state index is 10.1. The Hall–Kier alpha value is -0.900. The van der Waals surface area contributed by atoms with Gasteiger partial charge in [-0.15, -0.1) is 0 Å². The van der Waals surface area contributed by atoms with Crippen molar-refractivity contribution in [3.63, 3.8) is 0 Å². The molecule has 3 N–H and O–H groups in total. The van der Waals surface area contributed by atoms with Gasteiger partial charge in [-0.2, -0.15) is 0 Å². The first-order valence-corrected chi connectivity index (χ1v) is 6.30. The van der Waals surface area contributed by atoms with Gasteiger partial charge in [0.2, 0.25) is 0 Å². The van der Waals surface area contributed by atoms with Gasteiger partial charge in [-0.05, 0) is 24.3 Å². The molecular weight excluding hydrogens is 214 g/mol. The van der Waals surface area contributed by atoms with Gasteiger partial charge in [-0.1, -0.05) is 37.3 Å². The van der Waals surface area contributed by atoms with Crippen molar-refractivity contribution in [3.8, 4) is 0 Å². The molecule has 1 aromatic carbocycles.